The third-order valence-electron chi connectivity index (χ3n) is 3.47. The zero-order chi connectivity index (χ0) is 13.8. The molecule has 1 amide bonds. The molecule has 1 unspecified atom stereocenters. The minimum atomic E-state index is -0.822. The fourth-order valence-corrected chi connectivity index (χ4v) is 2.17. The first kappa shape index (κ1) is 13.5. The summed E-state index contributed by atoms with van der Waals surface area (Å²) in [5.41, 5.74) is 0.798. The lowest BCUT2D eigenvalue weighted by Crippen LogP contribution is -2.53. The maximum Gasteiger partial charge on any atom is 0.320 e. The van der Waals surface area contributed by atoms with Crippen LogP contribution in [0.3, 0.4) is 0 Å². The van der Waals surface area contributed by atoms with Gasteiger partial charge in [-0.25, -0.2) is 0 Å². The number of hydrogen-bond acceptors (Lipinski definition) is 4. The van der Waals surface area contributed by atoms with E-state index in [1.807, 2.05) is 4.90 Å². The number of amides is 1. The van der Waals surface area contributed by atoms with Gasteiger partial charge in [0.15, 0.2) is 0 Å². The van der Waals surface area contributed by atoms with E-state index in [-0.39, 0.29) is 5.91 Å². The summed E-state index contributed by atoms with van der Waals surface area (Å²) in [5, 5.41) is 15.5. The molecule has 2 N–H and O–H groups in total. The zero-order valence-corrected chi connectivity index (χ0v) is 10.9. The Kier molecular flexibility index (Phi) is 4.16. The van der Waals surface area contributed by atoms with Crippen LogP contribution in [-0.4, -0.2) is 69.2 Å². The van der Waals surface area contributed by atoms with Crippen molar-refractivity contribution in [2.75, 3.05) is 26.2 Å². The molecule has 1 atom stereocenters. The van der Waals surface area contributed by atoms with Crippen molar-refractivity contribution in [3.05, 3.63) is 18.0 Å². The van der Waals surface area contributed by atoms with Gasteiger partial charge in [-0.1, -0.05) is 0 Å². The molecule has 1 aliphatic rings. The topological polar surface area (TPSA) is 89.5 Å². The van der Waals surface area contributed by atoms with Gasteiger partial charge in [0.1, 0.15) is 6.04 Å². The Bertz CT molecular complexity index is 438. The van der Waals surface area contributed by atoms with Crippen LogP contribution in [0.15, 0.2) is 12.3 Å². The standard InChI is InChI=1S/C12H18N4O3/c1-9(12(18)19)15-4-6-16(7-5-15)11(17)8-10-2-3-13-14-10/h2-3,9H,4-8H2,1H3,(H,13,14)(H,18,19). The minimum Gasteiger partial charge on any atom is -0.480 e. The van der Waals surface area contributed by atoms with Crippen LogP contribution in [0.1, 0.15) is 12.6 Å². The van der Waals surface area contributed by atoms with Crippen LogP contribution in [0, 0.1) is 0 Å². The van der Waals surface area contributed by atoms with Crippen LogP contribution in [0.4, 0.5) is 0 Å². The van der Waals surface area contributed by atoms with Crippen molar-refractivity contribution in [3.8, 4) is 0 Å². The molecule has 7 heteroatoms. The average molecular weight is 266 g/mol. The molecule has 19 heavy (non-hydrogen) atoms. The summed E-state index contributed by atoms with van der Waals surface area (Å²) < 4.78 is 0. The van der Waals surface area contributed by atoms with Crippen molar-refractivity contribution in [2.24, 2.45) is 0 Å². The molecule has 0 bridgehead atoms. The first-order valence-electron chi connectivity index (χ1n) is 6.31. The minimum absolute atomic E-state index is 0.0480. The number of H-pyrrole nitrogens is 1. The van der Waals surface area contributed by atoms with Crippen molar-refractivity contribution in [2.45, 2.75) is 19.4 Å². The number of aliphatic carboxylic acids is 1. The summed E-state index contributed by atoms with van der Waals surface area (Å²) in [4.78, 5) is 26.6. The number of carboxylic acid groups (broad SMARTS) is 1. The number of aromatic nitrogens is 2. The molecule has 2 rings (SSSR count). The van der Waals surface area contributed by atoms with E-state index in [4.69, 9.17) is 5.11 Å². The normalized spacial score (nSPS) is 18.3. The summed E-state index contributed by atoms with van der Waals surface area (Å²) in [5.74, 6) is -0.774. The number of piperazine rings is 1. The number of nitrogens with zero attached hydrogens (tertiary/aromatic N) is 3. The van der Waals surface area contributed by atoms with Crippen molar-refractivity contribution in [1.29, 1.82) is 0 Å². The number of aromatic amines is 1. The molecular formula is C12H18N4O3. The van der Waals surface area contributed by atoms with E-state index < -0.39 is 12.0 Å². The molecule has 0 aliphatic carbocycles. The number of carbonyl (C=O) groups is 2. The fraction of sp³-hybridized carbons (Fsp3) is 0.583. The van der Waals surface area contributed by atoms with Crippen LogP contribution in [0.5, 0.6) is 0 Å². The van der Waals surface area contributed by atoms with E-state index in [2.05, 4.69) is 10.2 Å². The fourth-order valence-electron chi connectivity index (χ4n) is 2.17. The smallest absolute Gasteiger partial charge is 0.320 e. The van der Waals surface area contributed by atoms with E-state index in [1.165, 1.54) is 0 Å². The Labute approximate surface area is 111 Å². The SMILES string of the molecule is CC(C(=O)O)N1CCN(C(=O)Cc2ccn[nH]2)CC1. The van der Waals surface area contributed by atoms with Crippen molar-refractivity contribution < 1.29 is 14.7 Å². The van der Waals surface area contributed by atoms with E-state index >= 15 is 0 Å². The third kappa shape index (κ3) is 3.31. The second-order valence-electron chi connectivity index (χ2n) is 4.69. The highest BCUT2D eigenvalue weighted by atomic mass is 16.4. The molecule has 0 saturated carbocycles. The predicted molar refractivity (Wildman–Crippen MR) is 67.5 cm³/mol. The number of carbonyl (C=O) groups excluding carboxylic acids is 1. The molecule has 1 fully saturated rings. The van der Waals surface area contributed by atoms with Gasteiger partial charge in [0.25, 0.3) is 0 Å². The van der Waals surface area contributed by atoms with E-state index in [0.29, 0.717) is 32.6 Å². The lowest BCUT2D eigenvalue weighted by atomic mass is 10.2. The first-order valence-corrected chi connectivity index (χ1v) is 6.31. The van der Waals surface area contributed by atoms with Gasteiger partial charge in [0, 0.05) is 38.1 Å². The van der Waals surface area contributed by atoms with E-state index in [9.17, 15) is 9.59 Å². The van der Waals surface area contributed by atoms with Gasteiger partial charge in [-0.15, -0.1) is 0 Å². The molecule has 104 valence electrons. The summed E-state index contributed by atoms with van der Waals surface area (Å²) in [6.07, 6.45) is 1.93. The van der Waals surface area contributed by atoms with Gasteiger partial charge < -0.3 is 10.0 Å². The second kappa shape index (κ2) is 5.83. The van der Waals surface area contributed by atoms with Gasteiger partial charge in [0.2, 0.25) is 5.91 Å². The molecule has 1 aliphatic heterocycles. The molecule has 7 nitrogen and oxygen atoms in total. The zero-order valence-electron chi connectivity index (χ0n) is 10.9. The largest absolute Gasteiger partial charge is 0.480 e. The van der Waals surface area contributed by atoms with Crippen LogP contribution in [0.2, 0.25) is 0 Å². The lowest BCUT2D eigenvalue weighted by molar-refractivity contribution is -0.144. The van der Waals surface area contributed by atoms with Gasteiger partial charge >= 0.3 is 5.97 Å². The quantitative estimate of drug-likeness (QED) is 0.772. The van der Waals surface area contributed by atoms with E-state index in [1.54, 1.807) is 24.1 Å². The Morgan fingerprint density at radius 3 is 2.63 bits per heavy atom. The molecule has 0 aromatic carbocycles. The monoisotopic (exact) mass is 266 g/mol. The van der Waals surface area contributed by atoms with Crippen LogP contribution >= 0.6 is 0 Å². The Balaban J connectivity index is 1.83. The maximum absolute atomic E-state index is 12.0. The number of hydrogen-bond donors (Lipinski definition) is 2. The summed E-state index contributed by atoms with van der Waals surface area (Å²) in [6.45, 7) is 4.02. The van der Waals surface area contributed by atoms with Crippen LogP contribution in [-0.2, 0) is 16.0 Å². The van der Waals surface area contributed by atoms with Gasteiger partial charge in [-0.2, -0.15) is 5.10 Å². The average Bonchev–Trinajstić information content (AvgIpc) is 2.90. The highest BCUT2D eigenvalue weighted by Gasteiger charge is 2.27. The Morgan fingerprint density at radius 2 is 2.11 bits per heavy atom. The third-order valence-corrected chi connectivity index (χ3v) is 3.47. The van der Waals surface area contributed by atoms with Crippen LogP contribution in [0.25, 0.3) is 0 Å². The Morgan fingerprint density at radius 1 is 1.42 bits per heavy atom. The summed E-state index contributed by atoms with van der Waals surface area (Å²) >= 11 is 0. The van der Waals surface area contributed by atoms with Crippen molar-refractivity contribution >= 4 is 11.9 Å². The molecule has 1 aromatic heterocycles. The van der Waals surface area contributed by atoms with Crippen molar-refractivity contribution in [3.63, 3.8) is 0 Å². The van der Waals surface area contributed by atoms with Gasteiger partial charge in [-0.05, 0) is 13.0 Å². The number of carboxylic acids is 1. The number of rotatable bonds is 4. The molecule has 1 saturated heterocycles. The maximum atomic E-state index is 12.0. The van der Waals surface area contributed by atoms with E-state index in [0.717, 1.165) is 5.69 Å². The van der Waals surface area contributed by atoms with Gasteiger partial charge in [-0.3, -0.25) is 19.6 Å². The molecule has 1 aromatic rings. The molecule has 2 heterocycles. The number of nitrogens with one attached hydrogen (secondary N) is 1. The molecule has 0 spiro atoms. The predicted octanol–water partition coefficient (Wildman–Crippen LogP) is -0.430. The lowest BCUT2D eigenvalue weighted by Gasteiger charge is -2.36. The van der Waals surface area contributed by atoms with Crippen LogP contribution < -0.4 is 0 Å². The summed E-state index contributed by atoms with van der Waals surface area (Å²) in [7, 11) is 0. The summed E-state index contributed by atoms with van der Waals surface area (Å²) in [6, 6.07) is 1.28. The highest BCUT2D eigenvalue weighted by molar-refractivity contribution is 5.78. The molecular weight excluding hydrogens is 248 g/mol. The Hall–Kier alpha value is -1.89. The first-order chi connectivity index (χ1) is 9.08. The highest BCUT2D eigenvalue weighted by Crippen LogP contribution is 2.08. The molecule has 0 radical (unpaired) electrons. The van der Waals surface area contributed by atoms with Gasteiger partial charge in [0.05, 0.1) is 6.42 Å². The van der Waals surface area contributed by atoms with Crippen molar-refractivity contribution in [1.82, 2.24) is 20.0 Å². The second-order valence-corrected chi connectivity index (χ2v) is 4.69.